The van der Waals surface area contributed by atoms with E-state index in [1.807, 2.05) is 0 Å². The Kier molecular flexibility index (Phi) is 3.06. The number of anilines is 1. The molecule has 0 saturated heterocycles. The predicted molar refractivity (Wildman–Crippen MR) is 58.5 cm³/mol. The van der Waals surface area contributed by atoms with Crippen molar-refractivity contribution in [2.24, 2.45) is 0 Å². The maximum absolute atomic E-state index is 11.4. The van der Waals surface area contributed by atoms with Crippen molar-refractivity contribution in [1.29, 1.82) is 0 Å². The fourth-order valence-corrected chi connectivity index (χ4v) is 1.89. The van der Waals surface area contributed by atoms with Crippen LogP contribution in [0, 0.1) is 0 Å². The Balaban J connectivity index is 1.97. The zero-order valence-corrected chi connectivity index (χ0v) is 8.69. The maximum Gasteiger partial charge on any atom is 0.252 e. The minimum atomic E-state index is -0.0674. The van der Waals surface area contributed by atoms with Crippen LogP contribution in [0.1, 0.15) is 25.7 Å². The van der Waals surface area contributed by atoms with Crippen molar-refractivity contribution in [2.45, 2.75) is 38.5 Å². The molecule has 1 saturated carbocycles. The Bertz CT molecular complexity index is 380. The van der Waals surface area contributed by atoms with Gasteiger partial charge >= 0.3 is 0 Å². The van der Waals surface area contributed by atoms with Gasteiger partial charge in [0.1, 0.15) is 6.73 Å². The first-order valence-corrected chi connectivity index (χ1v) is 5.33. The summed E-state index contributed by atoms with van der Waals surface area (Å²) in [5, 5.41) is 0. The molecule has 1 fully saturated rings. The number of rotatable bonds is 3. The fraction of sp³-hybridized carbons (Fsp3) is 0.545. The second-order valence-electron chi connectivity index (χ2n) is 3.97. The third-order valence-electron chi connectivity index (χ3n) is 2.76. The van der Waals surface area contributed by atoms with E-state index < -0.39 is 0 Å². The molecule has 1 aliphatic carbocycles. The van der Waals surface area contributed by atoms with E-state index in [-0.39, 0.29) is 5.56 Å². The van der Waals surface area contributed by atoms with Crippen molar-refractivity contribution in [3.8, 4) is 0 Å². The Morgan fingerprint density at radius 3 is 2.87 bits per heavy atom. The third-order valence-corrected chi connectivity index (χ3v) is 2.76. The van der Waals surface area contributed by atoms with Crippen LogP contribution >= 0.6 is 0 Å². The first-order valence-electron chi connectivity index (χ1n) is 5.33. The molecule has 4 nitrogen and oxygen atoms in total. The molecule has 0 aliphatic heterocycles. The molecule has 1 aromatic rings. The van der Waals surface area contributed by atoms with Gasteiger partial charge in [0, 0.05) is 18.0 Å². The number of aromatic nitrogens is 1. The topological polar surface area (TPSA) is 57.2 Å². The van der Waals surface area contributed by atoms with Gasteiger partial charge in [0.2, 0.25) is 0 Å². The van der Waals surface area contributed by atoms with Gasteiger partial charge in [-0.15, -0.1) is 0 Å². The van der Waals surface area contributed by atoms with E-state index in [9.17, 15) is 4.79 Å². The minimum Gasteiger partial charge on any atom is -0.398 e. The van der Waals surface area contributed by atoms with Gasteiger partial charge in [-0.3, -0.25) is 9.36 Å². The molecule has 4 heteroatoms. The number of nitrogen functional groups attached to an aromatic ring is 1. The van der Waals surface area contributed by atoms with Gasteiger partial charge in [0.05, 0.1) is 6.10 Å². The van der Waals surface area contributed by atoms with Gasteiger partial charge in [-0.25, -0.2) is 0 Å². The largest absolute Gasteiger partial charge is 0.398 e. The Morgan fingerprint density at radius 2 is 2.13 bits per heavy atom. The van der Waals surface area contributed by atoms with Crippen LogP contribution < -0.4 is 11.3 Å². The lowest BCUT2D eigenvalue weighted by Gasteiger charge is -2.12. The molecule has 0 unspecified atom stereocenters. The van der Waals surface area contributed by atoms with E-state index in [0.717, 1.165) is 12.8 Å². The quantitative estimate of drug-likeness (QED) is 0.815. The lowest BCUT2D eigenvalue weighted by atomic mass is 10.3. The van der Waals surface area contributed by atoms with Crippen LogP contribution in [0.25, 0.3) is 0 Å². The summed E-state index contributed by atoms with van der Waals surface area (Å²) in [5.41, 5.74) is 6.12. The summed E-state index contributed by atoms with van der Waals surface area (Å²) >= 11 is 0. The molecule has 1 heterocycles. The molecule has 0 amide bonds. The van der Waals surface area contributed by atoms with Crippen LogP contribution in [0.15, 0.2) is 23.1 Å². The van der Waals surface area contributed by atoms with E-state index in [1.54, 1.807) is 12.3 Å². The summed E-state index contributed by atoms with van der Waals surface area (Å²) < 4.78 is 7.14. The smallest absolute Gasteiger partial charge is 0.252 e. The van der Waals surface area contributed by atoms with Crippen LogP contribution in [-0.2, 0) is 11.5 Å². The van der Waals surface area contributed by atoms with Crippen LogP contribution in [0.5, 0.6) is 0 Å². The van der Waals surface area contributed by atoms with Gasteiger partial charge < -0.3 is 10.5 Å². The molecule has 82 valence electrons. The second-order valence-corrected chi connectivity index (χ2v) is 3.97. The average Bonchev–Trinajstić information content (AvgIpc) is 2.72. The Hall–Kier alpha value is -1.29. The fourth-order valence-electron chi connectivity index (χ4n) is 1.89. The average molecular weight is 208 g/mol. The minimum absolute atomic E-state index is 0.0674. The second kappa shape index (κ2) is 4.49. The Labute approximate surface area is 88.7 Å². The third kappa shape index (κ3) is 2.59. The summed E-state index contributed by atoms with van der Waals surface area (Å²) in [6, 6.07) is 3.07. The van der Waals surface area contributed by atoms with Crippen LogP contribution in [-0.4, -0.2) is 10.7 Å². The molecule has 15 heavy (non-hydrogen) atoms. The van der Waals surface area contributed by atoms with Crippen molar-refractivity contribution in [1.82, 2.24) is 4.57 Å². The summed E-state index contributed by atoms with van der Waals surface area (Å²) in [6.07, 6.45) is 6.62. The highest BCUT2D eigenvalue weighted by Gasteiger charge is 2.15. The molecule has 1 aromatic heterocycles. The van der Waals surface area contributed by atoms with Gasteiger partial charge in [-0.2, -0.15) is 0 Å². The molecule has 0 spiro atoms. The number of hydrogen-bond donors (Lipinski definition) is 1. The van der Waals surface area contributed by atoms with E-state index in [0.29, 0.717) is 18.5 Å². The normalized spacial score (nSPS) is 17.1. The van der Waals surface area contributed by atoms with Gasteiger partial charge in [0.25, 0.3) is 5.56 Å². The van der Waals surface area contributed by atoms with Crippen molar-refractivity contribution in [3.05, 3.63) is 28.7 Å². The molecule has 0 aromatic carbocycles. The van der Waals surface area contributed by atoms with Crippen LogP contribution in [0.4, 0.5) is 5.69 Å². The van der Waals surface area contributed by atoms with E-state index in [1.165, 1.54) is 23.5 Å². The van der Waals surface area contributed by atoms with Gasteiger partial charge in [-0.05, 0) is 18.9 Å². The molecular formula is C11H16N2O2. The summed E-state index contributed by atoms with van der Waals surface area (Å²) in [6.45, 7) is 0.314. The molecule has 0 radical (unpaired) electrons. The number of pyridine rings is 1. The first-order chi connectivity index (χ1) is 7.25. The molecular weight excluding hydrogens is 192 g/mol. The van der Waals surface area contributed by atoms with E-state index in [2.05, 4.69) is 0 Å². The first kappa shape index (κ1) is 10.2. The molecule has 2 N–H and O–H groups in total. The van der Waals surface area contributed by atoms with Crippen LogP contribution in [0.2, 0.25) is 0 Å². The zero-order chi connectivity index (χ0) is 10.7. The highest BCUT2D eigenvalue weighted by atomic mass is 16.5. The molecule has 1 aliphatic rings. The lowest BCUT2D eigenvalue weighted by Crippen LogP contribution is -2.22. The van der Waals surface area contributed by atoms with Crippen molar-refractivity contribution < 1.29 is 4.74 Å². The monoisotopic (exact) mass is 208 g/mol. The van der Waals surface area contributed by atoms with E-state index in [4.69, 9.17) is 10.5 Å². The Morgan fingerprint density at radius 1 is 1.40 bits per heavy atom. The molecule has 0 atom stereocenters. The highest BCUT2D eigenvalue weighted by Crippen LogP contribution is 2.20. The lowest BCUT2D eigenvalue weighted by molar-refractivity contribution is 0.00987. The number of hydrogen-bond acceptors (Lipinski definition) is 3. The standard InChI is InChI=1S/C11H16N2O2/c12-9-5-6-11(14)13(7-9)8-15-10-3-1-2-4-10/h5-7,10H,1-4,8,12H2. The molecule has 2 rings (SSSR count). The predicted octanol–water partition coefficient (Wildman–Crippen LogP) is 1.35. The van der Waals surface area contributed by atoms with Crippen LogP contribution in [0.3, 0.4) is 0 Å². The SMILES string of the molecule is Nc1ccc(=O)n(COC2CCCC2)c1. The van der Waals surface area contributed by atoms with Gasteiger partial charge in [0.15, 0.2) is 0 Å². The summed E-state index contributed by atoms with van der Waals surface area (Å²) in [5.74, 6) is 0. The molecule has 0 bridgehead atoms. The zero-order valence-electron chi connectivity index (χ0n) is 8.69. The summed E-state index contributed by atoms with van der Waals surface area (Å²) in [4.78, 5) is 11.4. The number of ether oxygens (including phenoxy) is 1. The maximum atomic E-state index is 11.4. The van der Waals surface area contributed by atoms with Crippen molar-refractivity contribution >= 4 is 5.69 Å². The number of nitrogens with zero attached hydrogens (tertiary/aromatic N) is 1. The van der Waals surface area contributed by atoms with Gasteiger partial charge in [-0.1, -0.05) is 12.8 Å². The summed E-state index contributed by atoms with van der Waals surface area (Å²) in [7, 11) is 0. The number of nitrogens with two attached hydrogens (primary N) is 1. The highest BCUT2D eigenvalue weighted by molar-refractivity contribution is 5.33. The van der Waals surface area contributed by atoms with Crippen molar-refractivity contribution in [3.63, 3.8) is 0 Å². The van der Waals surface area contributed by atoms with E-state index >= 15 is 0 Å². The van der Waals surface area contributed by atoms with Crippen molar-refractivity contribution in [2.75, 3.05) is 5.73 Å².